The Morgan fingerprint density at radius 2 is 1.82 bits per heavy atom. The van der Waals surface area contributed by atoms with Crippen LogP contribution in [0.3, 0.4) is 0 Å². The molecule has 0 saturated heterocycles. The average Bonchev–Trinajstić information content (AvgIpc) is 3.21. The van der Waals surface area contributed by atoms with E-state index in [0.29, 0.717) is 21.3 Å². The minimum absolute atomic E-state index is 0.215. The first kappa shape index (κ1) is 21.8. The molecule has 2 N–H and O–H groups in total. The van der Waals surface area contributed by atoms with Crippen LogP contribution in [0, 0.1) is 19.7 Å². The summed E-state index contributed by atoms with van der Waals surface area (Å²) in [6.07, 6.45) is 0. The van der Waals surface area contributed by atoms with Gasteiger partial charge in [-0.3, -0.25) is 14.1 Å². The smallest absolute Gasteiger partial charge is 0.254 e. The number of aryl methyl sites for hydroxylation is 2. The molecular formula is C20H24FN3O2S2. The molecule has 0 amide bonds. The molecule has 0 spiro atoms. The standard InChI is InChI=1S/C18H18FN3O2S2.C2H6/c1-11-6-7-14(13(19)9-11)20-17-15(10-12(2)18(23)22(17)3)21-26(24)16-5-4-8-25-16;1-2/h4-10,20-21H,1-3H3;1-2H3. The van der Waals surface area contributed by atoms with E-state index in [1.807, 2.05) is 25.3 Å². The van der Waals surface area contributed by atoms with Gasteiger partial charge in [0, 0.05) is 12.6 Å². The Bertz CT molecular complexity index is 1030. The Labute approximate surface area is 170 Å². The average molecular weight is 422 g/mol. The molecule has 28 heavy (non-hydrogen) atoms. The van der Waals surface area contributed by atoms with Gasteiger partial charge in [-0.1, -0.05) is 26.0 Å². The summed E-state index contributed by atoms with van der Waals surface area (Å²) in [5, 5.41) is 4.78. The van der Waals surface area contributed by atoms with Gasteiger partial charge in [-0.25, -0.2) is 8.60 Å². The fraction of sp³-hybridized carbons (Fsp3) is 0.250. The molecule has 0 bridgehead atoms. The Balaban J connectivity index is 0.00000136. The van der Waals surface area contributed by atoms with Crippen molar-refractivity contribution in [2.45, 2.75) is 31.9 Å². The predicted molar refractivity (Wildman–Crippen MR) is 117 cm³/mol. The zero-order valence-corrected chi connectivity index (χ0v) is 18.1. The van der Waals surface area contributed by atoms with Gasteiger partial charge in [0.2, 0.25) is 0 Å². The van der Waals surface area contributed by atoms with Crippen LogP contribution in [0.1, 0.15) is 25.0 Å². The molecule has 0 saturated carbocycles. The lowest BCUT2D eigenvalue weighted by Crippen LogP contribution is -2.23. The number of hydrogen-bond acceptors (Lipinski definition) is 4. The molecule has 8 heteroatoms. The number of thiophene rings is 1. The molecule has 1 atom stereocenters. The van der Waals surface area contributed by atoms with E-state index in [-0.39, 0.29) is 11.2 Å². The maximum Gasteiger partial charge on any atom is 0.254 e. The van der Waals surface area contributed by atoms with E-state index in [1.54, 1.807) is 45.2 Å². The molecule has 1 unspecified atom stereocenters. The maximum absolute atomic E-state index is 14.2. The van der Waals surface area contributed by atoms with Crippen LogP contribution in [0.4, 0.5) is 21.6 Å². The van der Waals surface area contributed by atoms with Gasteiger partial charge in [0.1, 0.15) is 15.8 Å². The second kappa shape index (κ2) is 9.66. The summed E-state index contributed by atoms with van der Waals surface area (Å²) in [4.78, 5) is 12.3. The van der Waals surface area contributed by atoms with E-state index < -0.39 is 16.8 Å². The Morgan fingerprint density at radius 1 is 1.11 bits per heavy atom. The molecule has 0 aliphatic heterocycles. The number of aromatic nitrogens is 1. The number of hydrogen-bond donors (Lipinski definition) is 2. The summed E-state index contributed by atoms with van der Waals surface area (Å²) >= 11 is 1.36. The minimum Gasteiger partial charge on any atom is -0.337 e. The van der Waals surface area contributed by atoms with Gasteiger partial charge in [0.15, 0.2) is 11.0 Å². The van der Waals surface area contributed by atoms with Crippen LogP contribution < -0.4 is 15.6 Å². The highest BCUT2D eigenvalue weighted by Gasteiger charge is 2.15. The van der Waals surface area contributed by atoms with Gasteiger partial charge >= 0.3 is 0 Å². The van der Waals surface area contributed by atoms with Crippen molar-refractivity contribution in [1.82, 2.24) is 4.57 Å². The highest BCUT2D eigenvalue weighted by atomic mass is 32.2. The molecule has 0 aliphatic rings. The van der Waals surface area contributed by atoms with Crippen molar-refractivity contribution >= 4 is 39.5 Å². The van der Waals surface area contributed by atoms with Gasteiger partial charge in [0.05, 0.1) is 11.4 Å². The van der Waals surface area contributed by atoms with Crippen LogP contribution in [0.25, 0.3) is 0 Å². The maximum atomic E-state index is 14.2. The van der Waals surface area contributed by atoms with E-state index >= 15 is 0 Å². The molecule has 5 nitrogen and oxygen atoms in total. The van der Waals surface area contributed by atoms with E-state index in [0.717, 1.165) is 5.56 Å². The van der Waals surface area contributed by atoms with Gasteiger partial charge in [-0.2, -0.15) is 0 Å². The summed E-state index contributed by atoms with van der Waals surface area (Å²) in [7, 11) is 0.102. The Kier molecular flexibility index (Phi) is 7.53. The topological polar surface area (TPSA) is 63.1 Å². The molecule has 0 fully saturated rings. The van der Waals surface area contributed by atoms with E-state index in [1.165, 1.54) is 22.0 Å². The summed E-state index contributed by atoms with van der Waals surface area (Å²) in [5.41, 5.74) is 1.76. The second-order valence-electron chi connectivity index (χ2n) is 5.86. The molecular weight excluding hydrogens is 397 g/mol. The molecule has 0 radical (unpaired) electrons. The van der Waals surface area contributed by atoms with Crippen LogP contribution in [-0.2, 0) is 18.0 Å². The highest BCUT2D eigenvalue weighted by molar-refractivity contribution is 7.88. The SMILES string of the molecule is CC.Cc1ccc(Nc2c(NS(=O)c3cccs3)cc(C)c(=O)n2C)c(F)c1. The first-order chi connectivity index (χ1) is 13.4. The summed E-state index contributed by atoms with van der Waals surface area (Å²) in [5.74, 6) is -0.0865. The van der Waals surface area contributed by atoms with Gasteiger partial charge in [0.25, 0.3) is 5.56 Å². The molecule has 150 valence electrons. The zero-order valence-electron chi connectivity index (χ0n) is 16.5. The monoisotopic (exact) mass is 421 g/mol. The third-order valence-electron chi connectivity index (χ3n) is 3.85. The third kappa shape index (κ3) is 4.88. The van der Waals surface area contributed by atoms with Gasteiger partial charge in [-0.05, 0) is 49.1 Å². The Morgan fingerprint density at radius 3 is 2.43 bits per heavy atom. The van der Waals surface area contributed by atoms with Crippen LogP contribution >= 0.6 is 11.3 Å². The Hall–Kier alpha value is -2.45. The molecule has 2 heterocycles. The number of nitrogens with one attached hydrogen (secondary N) is 2. The number of nitrogens with zero attached hydrogens (tertiary/aromatic N) is 1. The largest absolute Gasteiger partial charge is 0.337 e. The molecule has 2 aromatic heterocycles. The summed E-state index contributed by atoms with van der Waals surface area (Å²) in [6.45, 7) is 7.48. The van der Waals surface area contributed by atoms with Crippen molar-refractivity contribution in [3.8, 4) is 0 Å². The fourth-order valence-electron chi connectivity index (χ4n) is 2.49. The van der Waals surface area contributed by atoms with E-state index in [2.05, 4.69) is 10.0 Å². The number of rotatable bonds is 5. The molecule has 1 aromatic carbocycles. The lowest BCUT2D eigenvalue weighted by atomic mass is 10.2. The summed E-state index contributed by atoms with van der Waals surface area (Å²) in [6, 6.07) is 9.97. The van der Waals surface area contributed by atoms with E-state index in [9.17, 15) is 13.4 Å². The van der Waals surface area contributed by atoms with Crippen molar-refractivity contribution in [1.29, 1.82) is 0 Å². The van der Waals surface area contributed by atoms with Crippen LogP contribution in [-0.4, -0.2) is 8.78 Å². The second-order valence-corrected chi connectivity index (χ2v) is 8.25. The molecule has 3 aromatic rings. The predicted octanol–water partition coefficient (Wildman–Crippen LogP) is 5.11. The van der Waals surface area contributed by atoms with Crippen LogP contribution in [0.15, 0.2) is 50.8 Å². The van der Waals surface area contributed by atoms with Crippen molar-refractivity contribution in [3.63, 3.8) is 0 Å². The number of halogens is 1. The van der Waals surface area contributed by atoms with Crippen LogP contribution in [0.5, 0.6) is 0 Å². The third-order valence-corrected chi connectivity index (χ3v) is 6.16. The normalized spacial score (nSPS) is 11.4. The quantitative estimate of drug-likeness (QED) is 0.602. The van der Waals surface area contributed by atoms with Crippen molar-refractivity contribution in [3.05, 3.63) is 69.1 Å². The fourth-order valence-corrected chi connectivity index (χ4v) is 4.24. The number of benzene rings is 1. The van der Waals surface area contributed by atoms with Crippen molar-refractivity contribution in [2.75, 3.05) is 10.0 Å². The highest BCUT2D eigenvalue weighted by Crippen LogP contribution is 2.28. The molecule has 0 aliphatic carbocycles. The van der Waals surface area contributed by atoms with Crippen molar-refractivity contribution in [2.24, 2.45) is 7.05 Å². The number of anilines is 3. The van der Waals surface area contributed by atoms with Crippen LogP contribution in [0.2, 0.25) is 0 Å². The minimum atomic E-state index is -1.48. The first-order valence-corrected chi connectivity index (χ1v) is 10.9. The zero-order chi connectivity index (χ0) is 20.8. The van der Waals surface area contributed by atoms with E-state index in [4.69, 9.17) is 0 Å². The molecule has 3 rings (SSSR count). The van der Waals surface area contributed by atoms with Gasteiger partial charge in [-0.15, -0.1) is 11.3 Å². The number of pyridine rings is 1. The summed E-state index contributed by atoms with van der Waals surface area (Å²) < 4.78 is 31.7. The lowest BCUT2D eigenvalue weighted by Gasteiger charge is -2.18. The first-order valence-electron chi connectivity index (χ1n) is 8.82. The van der Waals surface area contributed by atoms with Gasteiger partial charge < -0.3 is 5.32 Å². The van der Waals surface area contributed by atoms with Crippen molar-refractivity contribution < 1.29 is 8.60 Å². The lowest BCUT2D eigenvalue weighted by molar-refractivity contribution is 0.630.